The lowest BCUT2D eigenvalue weighted by Crippen LogP contribution is -2.26. The van der Waals surface area contributed by atoms with Gasteiger partial charge in [0, 0.05) is 13.0 Å². The molecule has 0 unspecified atom stereocenters. The first-order valence-corrected chi connectivity index (χ1v) is 8.68. The number of imidazole rings is 1. The zero-order chi connectivity index (χ0) is 17.1. The largest absolute Gasteiger partial charge is 0.416 e. The maximum absolute atomic E-state index is 12.0. The van der Waals surface area contributed by atoms with Crippen LogP contribution in [0.4, 0.5) is 0 Å². The summed E-state index contributed by atoms with van der Waals surface area (Å²) in [5.41, 5.74) is 2.01. The SMILES string of the molecule is Cc1nnc(SCC(=O)NCc2nc3ccccc3n2C(C)C)o1. The molecule has 0 spiro atoms. The van der Waals surface area contributed by atoms with Crippen molar-refractivity contribution in [2.75, 3.05) is 5.75 Å². The number of hydrogen-bond acceptors (Lipinski definition) is 6. The van der Waals surface area contributed by atoms with Crippen molar-refractivity contribution >= 4 is 28.7 Å². The minimum atomic E-state index is -0.0989. The number of aryl methyl sites for hydroxylation is 1. The highest BCUT2D eigenvalue weighted by molar-refractivity contribution is 7.99. The van der Waals surface area contributed by atoms with Crippen LogP contribution in [0.5, 0.6) is 0 Å². The molecule has 0 fully saturated rings. The average molecular weight is 345 g/mol. The average Bonchev–Trinajstić information content (AvgIpc) is 3.13. The molecule has 0 saturated carbocycles. The van der Waals surface area contributed by atoms with E-state index in [-0.39, 0.29) is 17.7 Å². The number of thioether (sulfide) groups is 1. The van der Waals surface area contributed by atoms with Crippen molar-refractivity contribution in [1.82, 2.24) is 25.1 Å². The predicted octanol–water partition coefficient (Wildman–Crippen LogP) is 2.72. The number of hydrogen-bond donors (Lipinski definition) is 1. The van der Waals surface area contributed by atoms with E-state index < -0.39 is 0 Å². The molecule has 0 saturated heterocycles. The van der Waals surface area contributed by atoms with E-state index in [1.807, 2.05) is 24.3 Å². The Morgan fingerprint density at radius 2 is 2.12 bits per heavy atom. The summed E-state index contributed by atoms with van der Waals surface area (Å²) in [6, 6.07) is 8.24. The quantitative estimate of drug-likeness (QED) is 0.691. The third-order valence-electron chi connectivity index (χ3n) is 3.46. The van der Waals surface area contributed by atoms with Gasteiger partial charge in [-0.25, -0.2) is 4.98 Å². The van der Waals surface area contributed by atoms with Gasteiger partial charge >= 0.3 is 0 Å². The van der Waals surface area contributed by atoms with Gasteiger partial charge in [-0.05, 0) is 26.0 Å². The molecule has 3 rings (SSSR count). The van der Waals surface area contributed by atoms with Crippen molar-refractivity contribution in [1.29, 1.82) is 0 Å². The summed E-state index contributed by atoms with van der Waals surface area (Å²) in [5.74, 6) is 1.46. The molecule has 3 aromatic rings. The normalized spacial score (nSPS) is 11.3. The van der Waals surface area contributed by atoms with Crippen molar-refractivity contribution in [3.8, 4) is 0 Å². The van der Waals surface area contributed by atoms with Crippen LogP contribution in [0.1, 0.15) is 31.6 Å². The van der Waals surface area contributed by atoms with Gasteiger partial charge in [-0.15, -0.1) is 10.2 Å². The summed E-state index contributed by atoms with van der Waals surface area (Å²) in [6.07, 6.45) is 0. The standard InChI is InChI=1S/C16H19N5O2S/c1-10(2)21-13-7-5-4-6-12(13)18-14(21)8-17-15(22)9-24-16-20-19-11(3)23-16/h4-7,10H,8-9H2,1-3H3,(H,17,22). The van der Waals surface area contributed by atoms with E-state index in [1.165, 1.54) is 11.8 Å². The summed E-state index contributed by atoms with van der Waals surface area (Å²) in [4.78, 5) is 16.7. The lowest BCUT2D eigenvalue weighted by Gasteiger charge is -2.13. The number of nitrogens with one attached hydrogen (secondary N) is 1. The van der Waals surface area contributed by atoms with Crippen LogP contribution in [0, 0.1) is 6.92 Å². The molecule has 0 aliphatic heterocycles. The number of carbonyl (C=O) groups excluding carboxylic acids is 1. The minimum absolute atomic E-state index is 0.0989. The van der Waals surface area contributed by atoms with Crippen molar-refractivity contribution in [2.45, 2.75) is 38.6 Å². The summed E-state index contributed by atoms with van der Waals surface area (Å²) in [6.45, 7) is 6.31. The Labute approximate surface area is 143 Å². The van der Waals surface area contributed by atoms with Crippen LogP contribution < -0.4 is 5.32 Å². The molecular formula is C16H19N5O2S. The molecule has 24 heavy (non-hydrogen) atoms. The molecule has 2 heterocycles. The van der Waals surface area contributed by atoms with E-state index in [9.17, 15) is 4.79 Å². The van der Waals surface area contributed by atoms with E-state index >= 15 is 0 Å². The lowest BCUT2D eigenvalue weighted by molar-refractivity contribution is -0.118. The number of carbonyl (C=O) groups is 1. The van der Waals surface area contributed by atoms with E-state index in [1.54, 1.807) is 6.92 Å². The van der Waals surface area contributed by atoms with E-state index in [0.29, 0.717) is 17.7 Å². The maximum Gasteiger partial charge on any atom is 0.277 e. The first-order chi connectivity index (χ1) is 11.5. The number of nitrogens with zero attached hydrogens (tertiary/aromatic N) is 4. The molecule has 0 aliphatic carbocycles. The maximum atomic E-state index is 12.0. The molecule has 1 N–H and O–H groups in total. The van der Waals surface area contributed by atoms with Crippen LogP contribution in [-0.2, 0) is 11.3 Å². The Hall–Kier alpha value is -2.35. The van der Waals surface area contributed by atoms with Crippen LogP contribution >= 0.6 is 11.8 Å². The topological polar surface area (TPSA) is 85.8 Å². The Bertz CT molecular complexity index is 855. The first kappa shape index (κ1) is 16.5. The van der Waals surface area contributed by atoms with E-state index in [2.05, 4.69) is 38.9 Å². The first-order valence-electron chi connectivity index (χ1n) is 7.70. The fourth-order valence-electron chi connectivity index (χ4n) is 2.49. The minimum Gasteiger partial charge on any atom is -0.416 e. The van der Waals surface area contributed by atoms with E-state index in [0.717, 1.165) is 16.9 Å². The molecule has 1 aromatic carbocycles. The van der Waals surface area contributed by atoms with Crippen LogP contribution in [0.25, 0.3) is 11.0 Å². The van der Waals surface area contributed by atoms with Crippen molar-refractivity contribution in [2.24, 2.45) is 0 Å². The highest BCUT2D eigenvalue weighted by Crippen LogP contribution is 2.21. The number of fused-ring (bicyclic) bond motifs is 1. The third kappa shape index (κ3) is 3.59. The second-order valence-electron chi connectivity index (χ2n) is 5.63. The smallest absolute Gasteiger partial charge is 0.277 e. The number of aromatic nitrogens is 4. The monoisotopic (exact) mass is 345 g/mol. The van der Waals surface area contributed by atoms with Crippen LogP contribution in [-0.4, -0.2) is 31.4 Å². The Morgan fingerprint density at radius 3 is 2.83 bits per heavy atom. The second kappa shape index (κ2) is 7.04. The van der Waals surface area contributed by atoms with Crippen molar-refractivity contribution in [3.05, 3.63) is 36.0 Å². The van der Waals surface area contributed by atoms with Crippen LogP contribution in [0.2, 0.25) is 0 Å². The molecule has 0 atom stereocenters. The number of benzene rings is 1. The van der Waals surface area contributed by atoms with Gasteiger partial charge in [-0.2, -0.15) is 0 Å². The van der Waals surface area contributed by atoms with Gasteiger partial charge < -0.3 is 14.3 Å². The summed E-state index contributed by atoms with van der Waals surface area (Å²) < 4.78 is 7.37. The molecular weight excluding hydrogens is 326 g/mol. The molecule has 126 valence electrons. The lowest BCUT2D eigenvalue weighted by atomic mass is 10.3. The molecule has 0 bridgehead atoms. The number of para-hydroxylation sites is 2. The van der Waals surface area contributed by atoms with Crippen molar-refractivity contribution < 1.29 is 9.21 Å². The molecule has 7 nitrogen and oxygen atoms in total. The molecule has 0 aliphatic rings. The highest BCUT2D eigenvalue weighted by atomic mass is 32.2. The number of rotatable bonds is 6. The summed E-state index contributed by atoms with van der Waals surface area (Å²) in [5, 5.41) is 10.9. The zero-order valence-electron chi connectivity index (χ0n) is 13.8. The van der Waals surface area contributed by atoms with Gasteiger partial charge in [-0.3, -0.25) is 4.79 Å². The summed E-state index contributed by atoms with van der Waals surface area (Å²) in [7, 11) is 0. The molecule has 1 amide bonds. The Balaban J connectivity index is 1.64. The van der Waals surface area contributed by atoms with Gasteiger partial charge in [0.25, 0.3) is 5.22 Å². The van der Waals surface area contributed by atoms with E-state index in [4.69, 9.17) is 4.42 Å². The summed E-state index contributed by atoms with van der Waals surface area (Å²) >= 11 is 1.22. The highest BCUT2D eigenvalue weighted by Gasteiger charge is 2.14. The third-order valence-corrected chi connectivity index (χ3v) is 4.28. The van der Waals surface area contributed by atoms with Crippen molar-refractivity contribution in [3.63, 3.8) is 0 Å². The Kier molecular flexibility index (Phi) is 4.84. The van der Waals surface area contributed by atoms with Gasteiger partial charge in [0.15, 0.2) is 0 Å². The van der Waals surface area contributed by atoms with Crippen LogP contribution in [0.3, 0.4) is 0 Å². The zero-order valence-corrected chi connectivity index (χ0v) is 14.6. The number of amides is 1. The second-order valence-corrected chi connectivity index (χ2v) is 6.56. The van der Waals surface area contributed by atoms with Gasteiger partial charge in [0.2, 0.25) is 11.8 Å². The van der Waals surface area contributed by atoms with Gasteiger partial charge in [0.05, 0.1) is 23.3 Å². The molecule has 8 heteroatoms. The Morgan fingerprint density at radius 1 is 1.33 bits per heavy atom. The van der Waals surface area contributed by atoms with Crippen LogP contribution in [0.15, 0.2) is 33.9 Å². The van der Waals surface area contributed by atoms with Gasteiger partial charge in [0.1, 0.15) is 5.82 Å². The molecule has 0 radical (unpaired) electrons. The predicted molar refractivity (Wildman–Crippen MR) is 91.7 cm³/mol. The fraction of sp³-hybridized carbons (Fsp3) is 0.375. The van der Waals surface area contributed by atoms with Gasteiger partial charge in [-0.1, -0.05) is 23.9 Å². The molecule has 2 aromatic heterocycles. The fourth-order valence-corrected chi connectivity index (χ4v) is 3.12.